The third kappa shape index (κ3) is 2.73. The van der Waals surface area contributed by atoms with Crippen LogP contribution in [0.1, 0.15) is 59.8 Å². The van der Waals surface area contributed by atoms with Gasteiger partial charge in [0, 0.05) is 6.04 Å². The van der Waals surface area contributed by atoms with Crippen LogP contribution in [0.2, 0.25) is 0 Å². The maximum atomic E-state index is 6.38. The molecule has 1 rings (SSSR count). The van der Waals surface area contributed by atoms with Crippen molar-refractivity contribution in [1.29, 1.82) is 0 Å². The van der Waals surface area contributed by atoms with E-state index in [4.69, 9.17) is 5.73 Å². The van der Waals surface area contributed by atoms with Crippen molar-refractivity contribution in [3.8, 4) is 0 Å². The zero-order valence-corrected chi connectivity index (χ0v) is 10.3. The zero-order valence-electron chi connectivity index (χ0n) is 10.3. The molecule has 1 saturated carbocycles. The summed E-state index contributed by atoms with van der Waals surface area (Å²) in [5, 5.41) is 0. The Bertz CT molecular complexity index is 166. The highest BCUT2D eigenvalue weighted by molar-refractivity contribution is 4.88. The van der Waals surface area contributed by atoms with Crippen LogP contribution in [0.25, 0.3) is 0 Å². The molecule has 0 radical (unpaired) electrons. The van der Waals surface area contributed by atoms with Gasteiger partial charge in [0.15, 0.2) is 0 Å². The van der Waals surface area contributed by atoms with Crippen molar-refractivity contribution in [1.82, 2.24) is 0 Å². The summed E-state index contributed by atoms with van der Waals surface area (Å²) in [4.78, 5) is 0. The quantitative estimate of drug-likeness (QED) is 0.735. The molecule has 0 amide bonds. The first-order valence-electron chi connectivity index (χ1n) is 6.23. The number of hydrogen-bond acceptors (Lipinski definition) is 1. The number of hydrogen-bond donors (Lipinski definition) is 1. The van der Waals surface area contributed by atoms with E-state index >= 15 is 0 Å². The smallest absolute Gasteiger partial charge is 0.0119 e. The van der Waals surface area contributed by atoms with Gasteiger partial charge in [0.05, 0.1) is 0 Å². The predicted octanol–water partition coefficient (Wildman–Crippen LogP) is 3.58. The van der Waals surface area contributed by atoms with E-state index in [-0.39, 0.29) is 0 Å². The van der Waals surface area contributed by atoms with Gasteiger partial charge in [-0.15, -0.1) is 0 Å². The van der Waals surface area contributed by atoms with Crippen LogP contribution in [-0.2, 0) is 0 Å². The van der Waals surface area contributed by atoms with Gasteiger partial charge in [-0.3, -0.25) is 0 Å². The Morgan fingerprint density at radius 2 is 1.71 bits per heavy atom. The molecule has 1 nitrogen and oxygen atoms in total. The second-order valence-electron chi connectivity index (χ2n) is 5.89. The molecule has 1 aliphatic rings. The fraction of sp³-hybridized carbons (Fsp3) is 1.00. The van der Waals surface area contributed by atoms with Gasteiger partial charge >= 0.3 is 0 Å². The summed E-state index contributed by atoms with van der Waals surface area (Å²) in [5.74, 6) is 1.71. The Balaban J connectivity index is 2.49. The lowest BCUT2D eigenvalue weighted by molar-refractivity contribution is 0.155. The Morgan fingerprint density at radius 3 is 2.14 bits per heavy atom. The zero-order chi connectivity index (χ0) is 10.8. The molecular weight excluding hydrogens is 170 g/mol. The van der Waals surface area contributed by atoms with Crippen LogP contribution < -0.4 is 5.73 Å². The molecule has 0 aliphatic heterocycles. The van der Waals surface area contributed by atoms with Crippen LogP contribution in [0.5, 0.6) is 0 Å². The average molecular weight is 197 g/mol. The van der Waals surface area contributed by atoms with Crippen molar-refractivity contribution in [2.24, 2.45) is 23.0 Å². The highest BCUT2D eigenvalue weighted by atomic mass is 14.7. The van der Waals surface area contributed by atoms with Crippen LogP contribution in [0, 0.1) is 17.3 Å². The van der Waals surface area contributed by atoms with E-state index in [0.29, 0.717) is 11.5 Å². The maximum absolute atomic E-state index is 6.38. The minimum atomic E-state index is 0.325. The molecule has 2 N–H and O–H groups in total. The number of nitrogens with two attached hydrogens (primary N) is 1. The normalized spacial score (nSPS) is 31.5. The van der Waals surface area contributed by atoms with Gasteiger partial charge in [0.2, 0.25) is 0 Å². The molecule has 1 atom stereocenters. The molecule has 0 aromatic carbocycles. The first kappa shape index (κ1) is 12.0. The van der Waals surface area contributed by atoms with Crippen molar-refractivity contribution in [2.45, 2.75) is 65.8 Å². The molecule has 0 spiro atoms. The second kappa shape index (κ2) is 4.65. The topological polar surface area (TPSA) is 26.0 Å². The van der Waals surface area contributed by atoms with Gasteiger partial charge < -0.3 is 5.73 Å². The van der Waals surface area contributed by atoms with Gasteiger partial charge in [0.25, 0.3) is 0 Å². The van der Waals surface area contributed by atoms with E-state index in [1.807, 2.05) is 0 Å². The van der Waals surface area contributed by atoms with E-state index in [2.05, 4.69) is 27.7 Å². The fourth-order valence-electron chi connectivity index (χ4n) is 2.52. The van der Waals surface area contributed by atoms with Crippen molar-refractivity contribution in [3.63, 3.8) is 0 Å². The first-order valence-corrected chi connectivity index (χ1v) is 6.23. The SMILES string of the molecule is CCC(C)(C)C(N)C1CCC(C)CC1. The lowest BCUT2D eigenvalue weighted by atomic mass is 9.70. The largest absolute Gasteiger partial charge is 0.327 e. The van der Waals surface area contributed by atoms with Crippen LogP contribution >= 0.6 is 0 Å². The Hall–Kier alpha value is -0.0400. The van der Waals surface area contributed by atoms with Gasteiger partial charge in [-0.05, 0) is 36.5 Å². The molecule has 84 valence electrons. The molecule has 0 heterocycles. The average Bonchev–Trinajstić information content (AvgIpc) is 2.18. The summed E-state index contributed by atoms with van der Waals surface area (Å²) in [5.41, 5.74) is 6.71. The van der Waals surface area contributed by atoms with Gasteiger partial charge in [0.1, 0.15) is 0 Å². The summed E-state index contributed by atoms with van der Waals surface area (Å²) in [6.45, 7) is 9.25. The highest BCUT2D eigenvalue weighted by Gasteiger charge is 2.32. The van der Waals surface area contributed by atoms with Crippen LogP contribution in [0.3, 0.4) is 0 Å². The standard InChI is InChI=1S/C13H27N/c1-5-13(3,4)12(14)11-8-6-10(2)7-9-11/h10-12H,5-9,14H2,1-4H3. The third-order valence-corrected chi connectivity index (χ3v) is 4.38. The molecule has 14 heavy (non-hydrogen) atoms. The van der Waals surface area contributed by atoms with Crippen LogP contribution in [0.4, 0.5) is 0 Å². The Morgan fingerprint density at radius 1 is 1.21 bits per heavy atom. The minimum Gasteiger partial charge on any atom is -0.327 e. The third-order valence-electron chi connectivity index (χ3n) is 4.38. The molecular formula is C13H27N. The molecule has 0 aromatic heterocycles. The predicted molar refractivity (Wildman–Crippen MR) is 63.2 cm³/mol. The molecule has 1 fully saturated rings. The lowest BCUT2D eigenvalue weighted by Gasteiger charge is -2.39. The Labute approximate surface area is 89.5 Å². The molecule has 0 bridgehead atoms. The minimum absolute atomic E-state index is 0.325. The van der Waals surface area contributed by atoms with Gasteiger partial charge in [-0.2, -0.15) is 0 Å². The van der Waals surface area contributed by atoms with Gasteiger partial charge in [-0.25, -0.2) is 0 Å². The van der Waals surface area contributed by atoms with E-state index < -0.39 is 0 Å². The molecule has 1 aliphatic carbocycles. The van der Waals surface area contributed by atoms with E-state index in [9.17, 15) is 0 Å². The lowest BCUT2D eigenvalue weighted by Crippen LogP contribution is -2.44. The summed E-state index contributed by atoms with van der Waals surface area (Å²) in [6.07, 6.45) is 6.67. The molecule has 1 unspecified atom stereocenters. The van der Waals surface area contributed by atoms with Crippen LogP contribution in [-0.4, -0.2) is 6.04 Å². The van der Waals surface area contributed by atoms with E-state index in [1.165, 1.54) is 32.1 Å². The monoisotopic (exact) mass is 197 g/mol. The van der Waals surface area contributed by atoms with E-state index in [0.717, 1.165) is 11.8 Å². The fourth-order valence-corrected chi connectivity index (χ4v) is 2.52. The summed E-state index contributed by atoms with van der Waals surface area (Å²) in [7, 11) is 0. The Kier molecular flexibility index (Phi) is 4.00. The second-order valence-corrected chi connectivity index (χ2v) is 5.89. The molecule has 1 heteroatoms. The van der Waals surface area contributed by atoms with E-state index in [1.54, 1.807) is 0 Å². The summed E-state index contributed by atoms with van der Waals surface area (Å²) < 4.78 is 0. The van der Waals surface area contributed by atoms with Crippen molar-refractivity contribution in [3.05, 3.63) is 0 Å². The van der Waals surface area contributed by atoms with Crippen molar-refractivity contribution >= 4 is 0 Å². The maximum Gasteiger partial charge on any atom is 0.0119 e. The van der Waals surface area contributed by atoms with Crippen molar-refractivity contribution < 1.29 is 0 Å². The first-order chi connectivity index (χ1) is 6.47. The van der Waals surface area contributed by atoms with Crippen molar-refractivity contribution in [2.75, 3.05) is 0 Å². The molecule has 0 saturated heterocycles. The summed E-state index contributed by atoms with van der Waals surface area (Å²) in [6, 6.07) is 0.403. The van der Waals surface area contributed by atoms with Crippen LogP contribution in [0.15, 0.2) is 0 Å². The number of rotatable bonds is 3. The molecule has 0 aromatic rings. The summed E-state index contributed by atoms with van der Waals surface area (Å²) >= 11 is 0. The highest BCUT2D eigenvalue weighted by Crippen LogP contribution is 2.37. The van der Waals surface area contributed by atoms with Gasteiger partial charge in [-0.1, -0.05) is 40.5 Å².